The highest BCUT2D eigenvalue weighted by atomic mass is 32.7. The molecule has 9 aromatic rings. The average molecular weight is 2280 g/mol. The number of nitrogens with two attached hydrogens (primary N) is 2. The van der Waals surface area contributed by atoms with Crippen molar-refractivity contribution in [3.05, 3.63) is 188 Å². The van der Waals surface area contributed by atoms with Crippen molar-refractivity contribution in [3.8, 4) is 0 Å². The van der Waals surface area contributed by atoms with Crippen molar-refractivity contribution in [3.63, 3.8) is 0 Å². The number of fused-ring (bicyclic) bond motifs is 2. The highest BCUT2D eigenvalue weighted by molar-refractivity contribution is 8.44. The largest absolute Gasteiger partial charge is 0.386 e. The van der Waals surface area contributed by atoms with E-state index in [-0.39, 0.29) is 76.3 Å². The Kier molecular flexibility index (Phi) is 33.5. The molecule has 27 atom stereocenters. The molecule has 7 fully saturated rings. The lowest BCUT2D eigenvalue weighted by Gasteiger charge is -2.28. The first kappa shape index (κ1) is 109. The monoisotopic (exact) mass is 2270 g/mol. The van der Waals surface area contributed by atoms with Crippen LogP contribution < -0.4 is 67.7 Å². The molecule has 7 aliphatic rings. The van der Waals surface area contributed by atoms with E-state index >= 15 is 0 Å². The van der Waals surface area contributed by atoms with E-state index in [0.717, 1.165) is 47.8 Å². The van der Waals surface area contributed by atoms with Crippen LogP contribution in [0, 0.1) is 34.6 Å². The van der Waals surface area contributed by atoms with Gasteiger partial charge in [-0.05, 0) is 112 Å². The Bertz CT molecular complexity index is 7370. The molecular weight excluding hydrogens is 2180 g/mol. The summed E-state index contributed by atoms with van der Waals surface area (Å²) in [5, 5.41) is 0. The summed E-state index contributed by atoms with van der Waals surface area (Å²) < 4.78 is 144. The van der Waals surface area contributed by atoms with Crippen molar-refractivity contribution in [1.29, 1.82) is 0 Å². The van der Waals surface area contributed by atoms with Crippen molar-refractivity contribution < 1.29 is 131 Å². The molecule has 0 amide bonds. The van der Waals surface area contributed by atoms with Crippen LogP contribution in [0.1, 0.15) is 130 Å². The summed E-state index contributed by atoms with van der Waals surface area (Å²) in [5.41, 5.74) is 5.03. The van der Waals surface area contributed by atoms with Gasteiger partial charge in [-0.2, -0.15) is 0 Å². The molecule has 0 bridgehead atoms. The van der Waals surface area contributed by atoms with Crippen molar-refractivity contribution in [1.82, 2.24) is 86.8 Å². The van der Waals surface area contributed by atoms with Gasteiger partial charge in [0.25, 0.3) is 27.8 Å². The van der Waals surface area contributed by atoms with E-state index < -0.39 is 291 Å². The van der Waals surface area contributed by atoms with Gasteiger partial charge in [0.2, 0.25) is 0 Å². The third-order valence-corrected chi connectivity index (χ3v) is 34.0. The first-order valence-corrected chi connectivity index (χ1v) is 61.2. The summed E-state index contributed by atoms with van der Waals surface area (Å²) in [5.74, 6) is 0.111. The lowest BCUT2D eigenvalue weighted by atomic mass is 10.1. The zero-order valence-corrected chi connectivity index (χ0v) is 87.1. The van der Waals surface area contributed by atoms with E-state index in [0.29, 0.717) is 17.6 Å². The quantitative estimate of drug-likeness (QED) is 0.0185. The first-order valence-electron chi connectivity index (χ1n) is 42.9. The Labute approximate surface area is 837 Å². The van der Waals surface area contributed by atoms with Crippen LogP contribution in [0.2, 0.25) is 0 Å². The molecule has 7 saturated heterocycles. The number of nitrogen functional groups attached to an aromatic ring is 2. The normalized spacial score (nSPS) is 29.5. The summed E-state index contributed by atoms with van der Waals surface area (Å²) in [6.07, 6.45) is -18.3. The molecule has 13 unspecified atom stereocenters. The predicted octanol–water partition coefficient (Wildman–Crippen LogP) is 0.673. The Morgan fingerprint density at radius 2 is 0.559 bits per heavy atom. The third-order valence-electron chi connectivity index (χ3n) is 23.6. The second-order valence-electron chi connectivity index (χ2n) is 33.6. The Morgan fingerprint density at radius 3 is 0.804 bits per heavy atom. The van der Waals surface area contributed by atoms with Crippen molar-refractivity contribution in [2.45, 2.75) is 222 Å². The molecule has 0 saturated carbocycles. The molecule has 16 rings (SSSR count). The third kappa shape index (κ3) is 26.0. The lowest BCUT2D eigenvalue weighted by Crippen LogP contribution is -2.33. The number of hydrogen-bond donors (Lipinski definition) is 15. The number of imidazole rings is 2. The van der Waals surface area contributed by atoms with Crippen molar-refractivity contribution in [2.24, 2.45) is 0 Å². The summed E-state index contributed by atoms with van der Waals surface area (Å²) in [4.78, 5) is 246. The van der Waals surface area contributed by atoms with Crippen LogP contribution in [0.5, 0.6) is 0 Å². The molecule has 7 aliphatic heterocycles. The number of anilines is 2. The van der Waals surface area contributed by atoms with E-state index in [1.807, 2.05) is 6.92 Å². The minimum atomic E-state index is -4.80. The number of hydrogen-bond acceptors (Lipinski definition) is 45. The van der Waals surface area contributed by atoms with E-state index in [4.69, 9.17) is 174 Å². The van der Waals surface area contributed by atoms with Gasteiger partial charge in [-0.25, -0.2) is 58.4 Å². The zero-order valence-electron chi connectivity index (χ0n) is 75.0. The summed E-state index contributed by atoms with van der Waals surface area (Å²) >= 11 is 37.0. The van der Waals surface area contributed by atoms with Crippen LogP contribution in [-0.4, -0.2) is 246 Å². The van der Waals surface area contributed by atoms with E-state index in [1.54, 1.807) is 4.57 Å². The number of nitrogens with zero attached hydrogens (tertiary/aromatic N) is 13. The Balaban J connectivity index is 0.604. The number of aromatic nitrogens is 18. The number of aryl methyl sites for hydroxylation is 5. The average Bonchev–Trinajstić information content (AvgIpc) is 1.63. The molecule has 0 radical (unpaired) electrons. The van der Waals surface area contributed by atoms with E-state index in [2.05, 4.69) is 67.1 Å². The van der Waals surface area contributed by atoms with Crippen LogP contribution in [-0.2, 0) is 167 Å². The number of thiol groups is 1. The second-order valence-corrected chi connectivity index (χ2v) is 53.1. The fraction of sp³-hybridized carbons (Fsp3) is 0.577. The van der Waals surface area contributed by atoms with Gasteiger partial charge in [-0.1, -0.05) is 19.2 Å². The molecule has 782 valence electrons. The summed E-state index contributed by atoms with van der Waals surface area (Å²) in [7, 11) is 0. The van der Waals surface area contributed by atoms with Crippen molar-refractivity contribution >= 4 is 164 Å². The molecule has 0 aliphatic carbocycles. The number of nitrogens with one attached hydrogen (secondary N) is 5. The highest BCUT2D eigenvalue weighted by Crippen LogP contribution is 2.60. The lowest BCUT2D eigenvalue weighted by molar-refractivity contribution is -0.0576. The molecule has 0 aromatic carbocycles. The standard InChI is InChI=1S/C71H93N20O38P7S7/c1-7-35-36(8-54(116-35)90-28-78-56-58(72)74-26-76-60(56)90)124-131(104,138)111-21-44-38(10-50(118-44)86-16-31(3)63(93)81-68(86)98)128-135(108,142)115-25-48-42(14-55(122-48)91-29-79-57-59(73)75-27-77-61(57)91)129-136(109,143)114-24-47-41(13-53(121-47)89-19-34(6)66(96)84-71(89)101)127-134(107,141)113-23-46-40(12-52(120-46)88-18-33(5)65(95)83-70(88)100)126-133(106,140)112-22-45-39(11-51(119-45)87-17-32(4)64(94)82-69(87)99)125-132(105,139)110-20-43-37(123-130(102,103)137)9-49(117-43)85-15-30(2)62(92)80-67(85)97/h15-19,26-29,35-55H,7-14,20-25H2,1-6H3,(H,104,138)(H,105,139)(H,106,140)(H,107,141)(H,108,142)(H,109,143)(H2,72,74,76)(H2,73,75,77)(H,80,92,97)(H,81,93,98)(H,82,94,99)(H,83,95,100)(H,84,96,101)(H2,102,103,137)/t35-,36?,37?,38?,39?,40?,41?,42?,43-,44-,45-,46-,47-,48-,49-,50-,51-,52-,53-,54-,55-,131?,132?,133?,134?,135?,136?/m1/s1. The number of rotatable bonds is 40. The van der Waals surface area contributed by atoms with Gasteiger partial charge in [0, 0.05) is 104 Å². The van der Waals surface area contributed by atoms with Gasteiger partial charge >= 0.3 is 75.6 Å². The zero-order chi connectivity index (χ0) is 103. The van der Waals surface area contributed by atoms with Gasteiger partial charge in [0.1, 0.15) is 110 Å². The van der Waals surface area contributed by atoms with Crippen LogP contribution in [0.25, 0.3) is 22.3 Å². The first-order chi connectivity index (χ1) is 67.2. The van der Waals surface area contributed by atoms with E-state index in [9.17, 15) is 86.8 Å². The number of aromatic amines is 5. The minimum Gasteiger partial charge on any atom is -0.382 e. The summed E-state index contributed by atoms with van der Waals surface area (Å²) in [6, 6.07) is 0. The smallest absolute Gasteiger partial charge is 0.382 e. The van der Waals surface area contributed by atoms with E-state index in [1.165, 1.54) is 70.6 Å². The van der Waals surface area contributed by atoms with Gasteiger partial charge in [-0.15, -0.1) is 0 Å². The molecule has 9 aromatic heterocycles. The SMILES string of the molecule is CC[C@H]1O[C@@H](n2cnc3c(N)ncnc32)CC1OP(O)(=S)OC[C@H]1O[C@@H](n2cc(C)c(=O)[nH]c2=O)CC1OP(=O)(S)OC[C@H]1O[C@@H](n2cnc3c(N)ncnc32)CC1OP(O)(=S)OC[C@H]1O[C@@H](n2cc(C)c(=O)[nH]c2=O)CC1OP(O)(=S)OC[C@H]1O[C@@H](n2cc(C)c(=O)[nH]c2=O)CC1OP(O)(=S)OC[C@H]1O[C@@H](n2cc(C)c(=O)[nH]c2=O)CC1OP(O)(=S)OC[C@H]1O[C@@H](n2cc(C)c(=O)[nH]c2=O)CC1OP(O)(O)=S. The van der Waals surface area contributed by atoms with Crippen LogP contribution in [0.4, 0.5) is 11.6 Å². The fourth-order valence-corrected chi connectivity index (χ4v) is 26.5. The molecule has 16 N–H and O–H groups in total. The maximum atomic E-state index is 14.9. The fourth-order valence-electron chi connectivity index (χ4n) is 16.7. The number of ether oxygens (including phenoxy) is 7. The van der Waals surface area contributed by atoms with Gasteiger partial charge in [0.05, 0.1) is 95.0 Å². The molecule has 143 heavy (non-hydrogen) atoms. The predicted molar refractivity (Wildman–Crippen MR) is 517 cm³/mol. The van der Waals surface area contributed by atoms with Gasteiger partial charge < -0.3 is 129 Å². The topological polar surface area (TPSA) is 757 Å². The van der Waals surface area contributed by atoms with Crippen LogP contribution in [0.3, 0.4) is 0 Å². The number of H-pyrrole nitrogens is 5. The van der Waals surface area contributed by atoms with Crippen molar-refractivity contribution in [2.75, 3.05) is 51.1 Å². The molecular formula is C71H93N20O38P7S7. The molecule has 72 heteroatoms. The molecule has 0 spiro atoms. The summed E-state index contributed by atoms with van der Waals surface area (Å²) in [6.45, 7) is -28.4. The van der Waals surface area contributed by atoms with Crippen LogP contribution >= 0.6 is 59.4 Å². The molecule has 58 nitrogen and oxygen atoms in total. The molecule has 16 heterocycles. The highest BCUT2D eigenvalue weighted by Gasteiger charge is 2.52. The maximum absolute atomic E-state index is 14.9. The maximum Gasteiger partial charge on any atom is 0.386 e. The Hall–Kier alpha value is -6.50. The minimum absolute atomic E-state index is 0.0184. The van der Waals surface area contributed by atoms with Gasteiger partial charge in [-0.3, -0.25) is 89.9 Å². The Morgan fingerprint density at radius 1 is 0.343 bits per heavy atom. The second kappa shape index (κ2) is 43.8. The van der Waals surface area contributed by atoms with Crippen LogP contribution in [0.15, 0.2) is 104 Å². The van der Waals surface area contributed by atoms with Gasteiger partial charge in [0.15, 0.2) is 22.9 Å².